The fourth-order valence-electron chi connectivity index (χ4n) is 2.15. The Bertz CT molecular complexity index is 773. The number of hydrazone groups is 1. The second-order valence-electron chi connectivity index (χ2n) is 4.62. The largest absolute Gasteiger partial charge is 0.273 e. The number of hydrogen-bond donors (Lipinski definition) is 1. The van der Waals surface area contributed by atoms with Gasteiger partial charge in [-0.05, 0) is 22.2 Å². The van der Waals surface area contributed by atoms with Crippen LogP contribution in [0.2, 0.25) is 0 Å². The van der Waals surface area contributed by atoms with Crippen molar-refractivity contribution >= 4 is 34.2 Å². The molecule has 1 amide bonds. The van der Waals surface area contributed by atoms with Gasteiger partial charge in [0.2, 0.25) is 5.91 Å². The molecule has 0 aliphatic carbocycles. The van der Waals surface area contributed by atoms with Gasteiger partial charge in [-0.3, -0.25) is 4.79 Å². The number of thiophene rings is 1. The number of amides is 1. The second-order valence-corrected chi connectivity index (χ2v) is 5.65. The van der Waals surface area contributed by atoms with E-state index in [1.165, 1.54) is 0 Å². The molecule has 1 N–H and O–H groups in total. The molecule has 0 fully saturated rings. The molecule has 1 aromatic heterocycles. The fraction of sp³-hybridized carbons (Fsp3) is 0.0588. The number of benzene rings is 2. The summed E-state index contributed by atoms with van der Waals surface area (Å²) in [6, 6.07) is 18.0. The molecule has 0 unspecified atom stereocenters. The van der Waals surface area contributed by atoms with Crippen LogP contribution in [0.1, 0.15) is 10.4 Å². The summed E-state index contributed by atoms with van der Waals surface area (Å²) in [5, 5.41) is 8.29. The first-order valence-corrected chi connectivity index (χ1v) is 7.53. The van der Waals surface area contributed by atoms with Crippen LogP contribution in [0.4, 0.5) is 0 Å². The smallest absolute Gasteiger partial charge is 0.245 e. The zero-order valence-corrected chi connectivity index (χ0v) is 12.1. The van der Waals surface area contributed by atoms with Gasteiger partial charge in [0.25, 0.3) is 0 Å². The third kappa shape index (κ3) is 3.35. The number of nitrogens with one attached hydrogen (secondary N) is 1. The van der Waals surface area contributed by atoms with Crippen molar-refractivity contribution in [2.45, 2.75) is 6.42 Å². The van der Waals surface area contributed by atoms with Crippen molar-refractivity contribution in [3.05, 3.63) is 70.4 Å². The van der Waals surface area contributed by atoms with E-state index >= 15 is 0 Å². The van der Waals surface area contributed by atoms with E-state index in [1.807, 2.05) is 47.8 Å². The number of nitrogens with zero attached hydrogens (tertiary/aromatic N) is 1. The lowest BCUT2D eigenvalue weighted by atomic mass is 10.1. The van der Waals surface area contributed by atoms with Crippen LogP contribution in [-0.2, 0) is 11.2 Å². The summed E-state index contributed by atoms with van der Waals surface area (Å²) in [4.78, 5) is 12.8. The van der Waals surface area contributed by atoms with Crippen LogP contribution in [0, 0.1) is 0 Å². The van der Waals surface area contributed by atoms with Gasteiger partial charge in [-0.15, -0.1) is 11.3 Å². The number of hydrogen-bond acceptors (Lipinski definition) is 3. The topological polar surface area (TPSA) is 41.5 Å². The quantitative estimate of drug-likeness (QED) is 0.580. The van der Waals surface area contributed by atoms with Crippen LogP contribution in [-0.4, -0.2) is 12.1 Å². The maximum Gasteiger partial charge on any atom is 0.245 e. The van der Waals surface area contributed by atoms with Crippen molar-refractivity contribution in [3.63, 3.8) is 0 Å². The molecule has 0 spiro atoms. The molecule has 3 aromatic rings. The molecule has 21 heavy (non-hydrogen) atoms. The highest BCUT2D eigenvalue weighted by Crippen LogP contribution is 2.16. The van der Waals surface area contributed by atoms with E-state index in [-0.39, 0.29) is 5.91 Å². The van der Waals surface area contributed by atoms with Crippen LogP contribution in [0.3, 0.4) is 0 Å². The summed E-state index contributed by atoms with van der Waals surface area (Å²) < 4.78 is 0. The Kier molecular flexibility index (Phi) is 4.07. The predicted molar refractivity (Wildman–Crippen MR) is 87.7 cm³/mol. The van der Waals surface area contributed by atoms with Crippen LogP contribution in [0.15, 0.2) is 65.1 Å². The van der Waals surface area contributed by atoms with Gasteiger partial charge in [0.05, 0.1) is 12.6 Å². The van der Waals surface area contributed by atoms with E-state index in [2.05, 4.69) is 22.7 Å². The molecule has 3 rings (SSSR count). The van der Waals surface area contributed by atoms with E-state index in [4.69, 9.17) is 0 Å². The van der Waals surface area contributed by atoms with E-state index in [1.54, 1.807) is 17.6 Å². The first-order valence-electron chi connectivity index (χ1n) is 6.65. The van der Waals surface area contributed by atoms with Gasteiger partial charge in [-0.2, -0.15) is 5.10 Å². The summed E-state index contributed by atoms with van der Waals surface area (Å²) in [6.45, 7) is 0. The molecule has 0 aliphatic rings. The Balaban J connectivity index is 1.69. The number of carbonyl (C=O) groups is 1. The number of rotatable bonds is 4. The molecular formula is C17H14N2OS. The molecule has 0 bridgehead atoms. The Morgan fingerprint density at radius 1 is 1.10 bits per heavy atom. The normalized spacial score (nSPS) is 11.0. The Labute approximate surface area is 126 Å². The van der Waals surface area contributed by atoms with Gasteiger partial charge in [-0.25, -0.2) is 5.43 Å². The lowest BCUT2D eigenvalue weighted by Gasteiger charge is -2.01. The lowest BCUT2D eigenvalue weighted by molar-refractivity contribution is -0.120. The maximum absolute atomic E-state index is 11.7. The standard InChI is InChI=1S/C17H14N2OS/c20-17(11-15-8-4-10-21-15)19-18-12-14-7-3-6-13-5-1-2-9-16(13)14/h1-10,12H,11H2,(H,19,20)/b18-12-. The minimum absolute atomic E-state index is 0.103. The maximum atomic E-state index is 11.7. The molecular weight excluding hydrogens is 280 g/mol. The summed E-state index contributed by atoms with van der Waals surface area (Å²) in [5.74, 6) is -0.103. The van der Waals surface area contributed by atoms with Crippen LogP contribution in [0.5, 0.6) is 0 Å². The molecule has 0 aliphatic heterocycles. The third-order valence-corrected chi connectivity index (χ3v) is 4.01. The van der Waals surface area contributed by atoms with Crippen molar-refractivity contribution in [2.24, 2.45) is 5.10 Å². The predicted octanol–water partition coefficient (Wildman–Crippen LogP) is 3.59. The molecule has 2 aromatic carbocycles. The van der Waals surface area contributed by atoms with Gasteiger partial charge < -0.3 is 0 Å². The van der Waals surface area contributed by atoms with Crippen molar-refractivity contribution in [3.8, 4) is 0 Å². The summed E-state index contributed by atoms with van der Waals surface area (Å²) in [6.07, 6.45) is 2.05. The summed E-state index contributed by atoms with van der Waals surface area (Å²) in [7, 11) is 0. The molecule has 0 atom stereocenters. The molecule has 0 radical (unpaired) electrons. The first kappa shape index (κ1) is 13.5. The molecule has 0 saturated heterocycles. The van der Waals surface area contributed by atoms with Crippen molar-refractivity contribution in [2.75, 3.05) is 0 Å². The molecule has 1 heterocycles. The Hall–Kier alpha value is -2.46. The molecule has 0 saturated carbocycles. The fourth-order valence-corrected chi connectivity index (χ4v) is 2.85. The van der Waals surface area contributed by atoms with Crippen LogP contribution >= 0.6 is 11.3 Å². The zero-order valence-electron chi connectivity index (χ0n) is 11.3. The van der Waals surface area contributed by atoms with Gasteiger partial charge in [0.1, 0.15) is 0 Å². The average Bonchev–Trinajstić information content (AvgIpc) is 3.00. The Morgan fingerprint density at radius 3 is 2.81 bits per heavy atom. The SMILES string of the molecule is O=C(Cc1cccs1)N/N=C\c1cccc2ccccc12. The average molecular weight is 294 g/mol. The van der Waals surface area contributed by atoms with E-state index in [0.29, 0.717) is 6.42 Å². The van der Waals surface area contributed by atoms with Gasteiger partial charge >= 0.3 is 0 Å². The van der Waals surface area contributed by atoms with E-state index < -0.39 is 0 Å². The summed E-state index contributed by atoms with van der Waals surface area (Å²) >= 11 is 1.57. The van der Waals surface area contributed by atoms with Gasteiger partial charge in [0, 0.05) is 10.4 Å². The van der Waals surface area contributed by atoms with Gasteiger partial charge in [-0.1, -0.05) is 48.5 Å². The van der Waals surface area contributed by atoms with Crippen LogP contribution in [0.25, 0.3) is 10.8 Å². The van der Waals surface area contributed by atoms with E-state index in [0.717, 1.165) is 21.2 Å². The third-order valence-electron chi connectivity index (χ3n) is 3.13. The first-order chi connectivity index (χ1) is 10.3. The highest BCUT2D eigenvalue weighted by molar-refractivity contribution is 7.10. The van der Waals surface area contributed by atoms with Crippen molar-refractivity contribution in [1.82, 2.24) is 5.43 Å². The molecule has 4 heteroatoms. The highest BCUT2D eigenvalue weighted by Gasteiger charge is 2.02. The second kappa shape index (κ2) is 6.33. The van der Waals surface area contributed by atoms with Crippen molar-refractivity contribution in [1.29, 1.82) is 0 Å². The monoisotopic (exact) mass is 294 g/mol. The summed E-state index contributed by atoms with van der Waals surface area (Å²) in [5.41, 5.74) is 3.56. The minimum Gasteiger partial charge on any atom is -0.273 e. The van der Waals surface area contributed by atoms with Gasteiger partial charge in [0.15, 0.2) is 0 Å². The zero-order chi connectivity index (χ0) is 14.5. The minimum atomic E-state index is -0.103. The molecule has 3 nitrogen and oxygen atoms in total. The molecule has 104 valence electrons. The Morgan fingerprint density at radius 2 is 1.95 bits per heavy atom. The van der Waals surface area contributed by atoms with Crippen molar-refractivity contribution < 1.29 is 4.79 Å². The number of fused-ring (bicyclic) bond motifs is 1. The van der Waals surface area contributed by atoms with E-state index in [9.17, 15) is 4.79 Å². The lowest BCUT2D eigenvalue weighted by Crippen LogP contribution is -2.19. The highest BCUT2D eigenvalue weighted by atomic mass is 32.1. The number of carbonyl (C=O) groups excluding carboxylic acids is 1. The van der Waals surface area contributed by atoms with Crippen LogP contribution < -0.4 is 5.43 Å².